The minimum absolute atomic E-state index is 0.838. The molecule has 0 N–H and O–H groups in total. The average molecular weight is 1020 g/mol. The Balaban J connectivity index is 0.897. The number of hydrogen-bond acceptors (Lipinski definition) is 2. The van der Waals surface area contributed by atoms with E-state index in [1.54, 1.807) is 0 Å². The molecule has 0 amide bonds. The van der Waals surface area contributed by atoms with Crippen molar-refractivity contribution in [3.8, 4) is 78.4 Å². The summed E-state index contributed by atoms with van der Waals surface area (Å²) in [7, 11) is 0. The highest BCUT2D eigenvalue weighted by Crippen LogP contribution is 2.45. The van der Waals surface area contributed by atoms with E-state index in [9.17, 15) is 0 Å². The number of nitrogens with zero attached hydrogens (tertiary/aromatic N) is 4. The first-order valence-corrected chi connectivity index (χ1v) is 27.4. The standard InChI is InChI=1S/C76H48N4/c1-5-19-49(20-6-1)53-33-39-71-63(45-53)64-46-54(50-21-7-2-8-22-50)34-40-72(64)79(71)69-43-37-61(57-27-13-15-29-59(57)69)75-76(78-68-32-18-17-31-67(68)77-75)62-38-44-70(60-30-16-14-28-58(60)62)80-73-41-35-55(51-23-9-3-10-24-51)47-65(73)66-48-56(36-42-74(66)80)52-25-11-4-12-26-52/h1-48H. The molecule has 0 aliphatic carbocycles. The summed E-state index contributed by atoms with van der Waals surface area (Å²) in [6.45, 7) is 0. The van der Waals surface area contributed by atoms with Crippen LogP contribution in [0.15, 0.2) is 291 Å². The van der Waals surface area contributed by atoms with E-state index in [0.717, 1.165) is 88.5 Å². The van der Waals surface area contributed by atoms with Gasteiger partial charge in [0.15, 0.2) is 0 Å². The average Bonchev–Trinajstić information content (AvgIpc) is 4.21. The Bertz CT molecular complexity index is 4580. The van der Waals surface area contributed by atoms with Crippen LogP contribution in [-0.4, -0.2) is 19.1 Å². The fourth-order valence-electron chi connectivity index (χ4n) is 12.6. The number of para-hydroxylation sites is 2. The first kappa shape index (κ1) is 45.5. The summed E-state index contributed by atoms with van der Waals surface area (Å²) in [5.74, 6) is 0. The number of rotatable bonds is 8. The van der Waals surface area contributed by atoms with Gasteiger partial charge in [-0.25, -0.2) is 9.97 Å². The zero-order valence-corrected chi connectivity index (χ0v) is 43.5. The fourth-order valence-corrected chi connectivity index (χ4v) is 12.6. The Labute approximate surface area is 462 Å². The van der Waals surface area contributed by atoms with E-state index in [2.05, 4.69) is 300 Å². The molecule has 0 aliphatic heterocycles. The topological polar surface area (TPSA) is 35.6 Å². The molecule has 0 radical (unpaired) electrons. The molecule has 16 aromatic rings. The lowest BCUT2D eigenvalue weighted by Gasteiger charge is -2.18. The van der Waals surface area contributed by atoms with Gasteiger partial charge in [0.1, 0.15) is 0 Å². The fraction of sp³-hybridized carbons (Fsp3) is 0. The van der Waals surface area contributed by atoms with Crippen molar-refractivity contribution in [2.45, 2.75) is 0 Å². The van der Waals surface area contributed by atoms with Crippen molar-refractivity contribution in [2.75, 3.05) is 0 Å². The molecule has 3 heterocycles. The maximum absolute atomic E-state index is 5.59. The highest BCUT2D eigenvalue weighted by atomic mass is 15.0. The molecular weight excluding hydrogens is 969 g/mol. The Morgan fingerprint density at radius 3 is 0.787 bits per heavy atom. The molecule has 80 heavy (non-hydrogen) atoms. The van der Waals surface area contributed by atoms with E-state index in [1.165, 1.54) is 66.1 Å². The Hall–Kier alpha value is -10.7. The Kier molecular flexibility index (Phi) is 10.5. The van der Waals surface area contributed by atoms with E-state index in [1.807, 2.05) is 0 Å². The molecule has 4 nitrogen and oxygen atoms in total. The third-order valence-electron chi connectivity index (χ3n) is 16.3. The summed E-state index contributed by atoms with van der Waals surface area (Å²) in [4.78, 5) is 11.2. The number of benzene rings is 13. The van der Waals surface area contributed by atoms with Gasteiger partial charge in [-0.3, -0.25) is 0 Å². The lowest BCUT2D eigenvalue weighted by Crippen LogP contribution is -2.00. The molecule has 372 valence electrons. The van der Waals surface area contributed by atoms with Gasteiger partial charge in [-0.05, 0) is 140 Å². The summed E-state index contributed by atoms with van der Waals surface area (Å²) >= 11 is 0. The van der Waals surface area contributed by atoms with Crippen LogP contribution in [0.1, 0.15) is 0 Å². The minimum atomic E-state index is 0.838. The monoisotopic (exact) mass is 1020 g/mol. The summed E-state index contributed by atoms with van der Waals surface area (Å²) in [6.07, 6.45) is 0. The second kappa shape index (κ2) is 18.5. The van der Waals surface area contributed by atoms with E-state index < -0.39 is 0 Å². The van der Waals surface area contributed by atoms with Crippen LogP contribution in [0.5, 0.6) is 0 Å². The molecule has 0 aliphatic rings. The highest BCUT2D eigenvalue weighted by Gasteiger charge is 2.24. The predicted molar refractivity (Wildman–Crippen MR) is 336 cm³/mol. The van der Waals surface area contributed by atoms with Crippen LogP contribution in [0.2, 0.25) is 0 Å². The molecule has 0 saturated heterocycles. The minimum Gasteiger partial charge on any atom is -0.309 e. The normalized spacial score (nSPS) is 11.8. The van der Waals surface area contributed by atoms with Crippen LogP contribution in [0.3, 0.4) is 0 Å². The first-order valence-electron chi connectivity index (χ1n) is 27.4. The van der Waals surface area contributed by atoms with Crippen LogP contribution in [-0.2, 0) is 0 Å². The molecule has 0 atom stereocenters. The third kappa shape index (κ3) is 7.38. The van der Waals surface area contributed by atoms with E-state index in [4.69, 9.17) is 9.97 Å². The van der Waals surface area contributed by atoms with Crippen molar-refractivity contribution in [1.82, 2.24) is 19.1 Å². The maximum atomic E-state index is 5.59. The molecule has 3 aromatic heterocycles. The molecule has 0 unspecified atom stereocenters. The van der Waals surface area contributed by atoms with Crippen LogP contribution >= 0.6 is 0 Å². The second-order valence-electron chi connectivity index (χ2n) is 20.8. The lowest BCUT2D eigenvalue weighted by atomic mass is 9.94. The van der Waals surface area contributed by atoms with Gasteiger partial charge >= 0.3 is 0 Å². The zero-order chi connectivity index (χ0) is 52.7. The second-order valence-corrected chi connectivity index (χ2v) is 20.8. The van der Waals surface area contributed by atoms with Gasteiger partial charge in [0.05, 0.1) is 55.9 Å². The van der Waals surface area contributed by atoms with Gasteiger partial charge in [-0.1, -0.05) is 206 Å². The zero-order valence-electron chi connectivity index (χ0n) is 43.5. The van der Waals surface area contributed by atoms with Gasteiger partial charge in [-0.2, -0.15) is 0 Å². The summed E-state index contributed by atoms with van der Waals surface area (Å²) in [5.41, 5.74) is 21.8. The molecular formula is C76H48N4. The quantitative estimate of drug-likeness (QED) is 0.152. The Morgan fingerprint density at radius 1 is 0.200 bits per heavy atom. The van der Waals surface area contributed by atoms with Crippen molar-refractivity contribution < 1.29 is 0 Å². The van der Waals surface area contributed by atoms with Crippen LogP contribution in [0, 0.1) is 0 Å². The number of aromatic nitrogens is 4. The summed E-state index contributed by atoms with van der Waals surface area (Å²) in [6, 6.07) is 106. The van der Waals surface area contributed by atoms with Gasteiger partial charge in [0.2, 0.25) is 0 Å². The van der Waals surface area contributed by atoms with Crippen LogP contribution in [0.25, 0.3) is 155 Å². The molecule has 16 rings (SSSR count). The molecule has 0 bridgehead atoms. The summed E-state index contributed by atoms with van der Waals surface area (Å²) in [5, 5.41) is 9.29. The van der Waals surface area contributed by atoms with Crippen LogP contribution < -0.4 is 0 Å². The number of hydrogen-bond donors (Lipinski definition) is 0. The first-order chi connectivity index (χ1) is 39.7. The van der Waals surface area contributed by atoms with Crippen LogP contribution in [0.4, 0.5) is 0 Å². The van der Waals surface area contributed by atoms with Gasteiger partial charge in [-0.15, -0.1) is 0 Å². The van der Waals surface area contributed by atoms with Crippen molar-refractivity contribution in [3.05, 3.63) is 291 Å². The van der Waals surface area contributed by atoms with Gasteiger partial charge < -0.3 is 9.13 Å². The molecule has 4 heteroatoms. The molecule has 0 fully saturated rings. The number of fused-ring (bicyclic) bond motifs is 9. The lowest BCUT2D eigenvalue weighted by molar-refractivity contribution is 1.19. The van der Waals surface area contributed by atoms with E-state index in [-0.39, 0.29) is 0 Å². The van der Waals surface area contributed by atoms with Crippen molar-refractivity contribution >= 4 is 76.2 Å². The van der Waals surface area contributed by atoms with E-state index >= 15 is 0 Å². The smallest absolute Gasteiger partial charge is 0.0979 e. The Morgan fingerprint density at radius 2 is 0.475 bits per heavy atom. The van der Waals surface area contributed by atoms with Crippen molar-refractivity contribution in [1.29, 1.82) is 0 Å². The van der Waals surface area contributed by atoms with Gasteiger partial charge in [0.25, 0.3) is 0 Å². The molecule has 13 aromatic carbocycles. The predicted octanol–water partition coefficient (Wildman–Crippen LogP) is 20.1. The van der Waals surface area contributed by atoms with E-state index in [0.29, 0.717) is 0 Å². The highest BCUT2D eigenvalue weighted by molar-refractivity contribution is 6.16. The third-order valence-corrected chi connectivity index (χ3v) is 16.3. The van der Waals surface area contributed by atoms with Gasteiger partial charge in [0, 0.05) is 43.4 Å². The summed E-state index contributed by atoms with van der Waals surface area (Å²) < 4.78 is 4.91. The van der Waals surface area contributed by atoms with Crippen molar-refractivity contribution in [3.63, 3.8) is 0 Å². The SMILES string of the molecule is c1ccc(-c2ccc3c(c2)c2cc(-c4ccccc4)ccc2n3-c2ccc(-c3nc4ccccc4nc3-c3ccc(-n4c5ccc(-c6ccccc6)cc5c5cc(-c6ccccc6)ccc54)c4ccccc34)c3ccccc23)cc1. The molecule has 0 spiro atoms. The van der Waals surface area contributed by atoms with Crippen molar-refractivity contribution in [2.24, 2.45) is 0 Å². The molecule has 0 saturated carbocycles. The maximum Gasteiger partial charge on any atom is 0.0979 e. The largest absolute Gasteiger partial charge is 0.309 e.